The Labute approximate surface area is 113 Å². The third-order valence-corrected chi connectivity index (χ3v) is 4.78. The van der Waals surface area contributed by atoms with Crippen LogP contribution in [0.4, 0.5) is 0 Å². The van der Waals surface area contributed by atoms with Crippen molar-refractivity contribution in [3.8, 4) is 0 Å². The molecule has 1 fully saturated rings. The molecule has 0 amide bonds. The summed E-state index contributed by atoms with van der Waals surface area (Å²) in [4.78, 5) is 3.98. The number of rotatable bonds is 4. The second-order valence-electron chi connectivity index (χ2n) is 4.71. The molecule has 2 heterocycles. The Morgan fingerprint density at radius 1 is 1.41 bits per heavy atom. The summed E-state index contributed by atoms with van der Waals surface area (Å²) in [5.74, 6) is 0. The Morgan fingerprint density at radius 3 is 2.82 bits per heavy atom. The quantitative estimate of drug-likeness (QED) is 0.904. The van der Waals surface area contributed by atoms with E-state index in [0.29, 0.717) is 12.1 Å². The summed E-state index contributed by atoms with van der Waals surface area (Å²) in [5, 5.41) is 3.63. The fraction of sp³-hybridized carbons (Fsp3) is 0.692. The first-order valence-electron chi connectivity index (χ1n) is 6.44. The summed E-state index contributed by atoms with van der Waals surface area (Å²) in [5.41, 5.74) is 0. The maximum Gasteiger partial charge on any atom is 0.0931 e. The predicted molar refractivity (Wildman–Crippen MR) is 75.9 cm³/mol. The standard InChI is InChI=1S/C13H21ClN2S/c1-3-10-8-16(11(4-2)7-15-10)9-12-5-6-13(14)17-12/h5-6,10-11,15H,3-4,7-9H2,1-2H3. The molecule has 0 bridgehead atoms. The van der Waals surface area contributed by atoms with Gasteiger partial charge in [-0.1, -0.05) is 25.4 Å². The van der Waals surface area contributed by atoms with Crippen LogP contribution in [-0.2, 0) is 6.54 Å². The number of nitrogens with zero attached hydrogens (tertiary/aromatic N) is 1. The lowest BCUT2D eigenvalue weighted by molar-refractivity contribution is 0.118. The molecule has 0 saturated carbocycles. The first-order valence-corrected chi connectivity index (χ1v) is 7.64. The molecule has 1 aliphatic heterocycles. The van der Waals surface area contributed by atoms with Gasteiger partial charge in [-0.25, -0.2) is 0 Å². The molecule has 0 spiro atoms. The second kappa shape index (κ2) is 6.19. The van der Waals surface area contributed by atoms with Gasteiger partial charge in [-0.2, -0.15) is 0 Å². The molecular formula is C13H21ClN2S. The van der Waals surface area contributed by atoms with Crippen LogP contribution in [0.2, 0.25) is 4.34 Å². The maximum absolute atomic E-state index is 5.99. The van der Waals surface area contributed by atoms with Gasteiger partial charge in [0.15, 0.2) is 0 Å². The SMILES string of the molecule is CCC1CN(Cc2ccc(Cl)s2)C(CC)CN1. The van der Waals surface area contributed by atoms with Crippen LogP contribution >= 0.6 is 22.9 Å². The van der Waals surface area contributed by atoms with Crippen molar-refractivity contribution in [3.05, 3.63) is 21.3 Å². The Bertz CT molecular complexity index is 353. The molecule has 17 heavy (non-hydrogen) atoms. The molecule has 2 rings (SSSR count). The van der Waals surface area contributed by atoms with E-state index < -0.39 is 0 Å². The number of piperazine rings is 1. The molecule has 4 heteroatoms. The molecule has 0 aromatic carbocycles. The van der Waals surface area contributed by atoms with E-state index >= 15 is 0 Å². The van der Waals surface area contributed by atoms with Crippen molar-refractivity contribution < 1.29 is 0 Å². The molecule has 1 aromatic rings. The van der Waals surface area contributed by atoms with Gasteiger partial charge in [0.05, 0.1) is 4.34 Å². The van der Waals surface area contributed by atoms with Crippen LogP contribution in [0.1, 0.15) is 31.6 Å². The summed E-state index contributed by atoms with van der Waals surface area (Å²) in [7, 11) is 0. The normalized spacial score (nSPS) is 26.3. The lowest BCUT2D eigenvalue weighted by Crippen LogP contribution is -2.55. The number of hydrogen-bond donors (Lipinski definition) is 1. The van der Waals surface area contributed by atoms with Crippen LogP contribution in [-0.4, -0.2) is 30.1 Å². The van der Waals surface area contributed by atoms with E-state index in [4.69, 9.17) is 11.6 Å². The largest absolute Gasteiger partial charge is 0.311 e. The van der Waals surface area contributed by atoms with Crippen LogP contribution in [0.25, 0.3) is 0 Å². The van der Waals surface area contributed by atoms with Gasteiger partial charge in [0.25, 0.3) is 0 Å². The van der Waals surface area contributed by atoms with Gasteiger partial charge in [0.1, 0.15) is 0 Å². The van der Waals surface area contributed by atoms with Gasteiger partial charge in [0, 0.05) is 36.6 Å². The number of thiophene rings is 1. The topological polar surface area (TPSA) is 15.3 Å². The highest BCUT2D eigenvalue weighted by Gasteiger charge is 2.25. The molecule has 96 valence electrons. The van der Waals surface area contributed by atoms with Gasteiger partial charge in [0.2, 0.25) is 0 Å². The highest BCUT2D eigenvalue weighted by molar-refractivity contribution is 7.16. The van der Waals surface area contributed by atoms with Crippen LogP contribution in [0, 0.1) is 0 Å². The molecule has 1 aliphatic rings. The third kappa shape index (κ3) is 3.44. The summed E-state index contributed by atoms with van der Waals surface area (Å²) in [6.07, 6.45) is 2.42. The highest BCUT2D eigenvalue weighted by Crippen LogP contribution is 2.24. The van der Waals surface area contributed by atoms with Gasteiger partial charge in [-0.3, -0.25) is 4.90 Å². The van der Waals surface area contributed by atoms with Crippen LogP contribution in [0.3, 0.4) is 0 Å². The minimum absolute atomic E-state index is 0.647. The Morgan fingerprint density at radius 2 is 2.24 bits per heavy atom. The second-order valence-corrected chi connectivity index (χ2v) is 6.51. The third-order valence-electron chi connectivity index (χ3n) is 3.57. The fourth-order valence-corrected chi connectivity index (χ4v) is 3.55. The maximum atomic E-state index is 5.99. The zero-order valence-electron chi connectivity index (χ0n) is 10.6. The summed E-state index contributed by atoms with van der Waals surface area (Å²) in [6, 6.07) is 5.47. The van der Waals surface area contributed by atoms with Gasteiger partial charge in [-0.05, 0) is 25.0 Å². The monoisotopic (exact) mass is 272 g/mol. The molecule has 2 nitrogen and oxygen atoms in total. The van der Waals surface area contributed by atoms with E-state index in [0.717, 1.165) is 24.0 Å². The van der Waals surface area contributed by atoms with E-state index in [1.807, 2.05) is 6.07 Å². The van der Waals surface area contributed by atoms with Gasteiger partial charge < -0.3 is 5.32 Å². The van der Waals surface area contributed by atoms with Crippen molar-refractivity contribution in [2.45, 2.75) is 45.3 Å². The van der Waals surface area contributed by atoms with E-state index in [-0.39, 0.29) is 0 Å². The summed E-state index contributed by atoms with van der Waals surface area (Å²) in [6.45, 7) is 7.85. The number of hydrogen-bond acceptors (Lipinski definition) is 3. The van der Waals surface area contributed by atoms with E-state index in [9.17, 15) is 0 Å². The van der Waals surface area contributed by atoms with Crippen molar-refractivity contribution in [2.24, 2.45) is 0 Å². The number of nitrogens with one attached hydrogen (secondary N) is 1. The first kappa shape index (κ1) is 13.3. The molecule has 1 saturated heterocycles. The first-order chi connectivity index (χ1) is 8.22. The van der Waals surface area contributed by atoms with Gasteiger partial charge >= 0.3 is 0 Å². The van der Waals surface area contributed by atoms with E-state index in [1.165, 1.54) is 17.7 Å². The average Bonchev–Trinajstić information content (AvgIpc) is 2.74. The Kier molecular flexibility index (Phi) is 4.86. The van der Waals surface area contributed by atoms with Crippen molar-refractivity contribution in [1.29, 1.82) is 0 Å². The molecular weight excluding hydrogens is 252 g/mol. The lowest BCUT2D eigenvalue weighted by Gasteiger charge is -2.39. The molecule has 1 N–H and O–H groups in total. The zero-order chi connectivity index (χ0) is 12.3. The number of halogens is 1. The van der Waals surface area contributed by atoms with Crippen molar-refractivity contribution in [2.75, 3.05) is 13.1 Å². The Balaban J connectivity index is 2.00. The minimum atomic E-state index is 0.647. The predicted octanol–water partition coefficient (Wildman–Crippen LogP) is 3.36. The fourth-order valence-electron chi connectivity index (χ4n) is 2.44. The lowest BCUT2D eigenvalue weighted by atomic mass is 10.1. The van der Waals surface area contributed by atoms with Crippen molar-refractivity contribution in [1.82, 2.24) is 10.2 Å². The molecule has 0 aliphatic carbocycles. The average molecular weight is 273 g/mol. The summed E-state index contributed by atoms with van der Waals surface area (Å²) < 4.78 is 0.898. The van der Waals surface area contributed by atoms with Crippen LogP contribution in [0.5, 0.6) is 0 Å². The molecule has 1 aromatic heterocycles. The van der Waals surface area contributed by atoms with Gasteiger partial charge in [-0.15, -0.1) is 11.3 Å². The van der Waals surface area contributed by atoms with E-state index in [1.54, 1.807) is 11.3 Å². The van der Waals surface area contributed by atoms with Crippen molar-refractivity contribution in [3.63, 3.8) is 0 Å². The van der Waals surface area contributed by atoms with Crippen LogP contribution in [0.15, 0.2) is 12.1 Å². The molecule has 2 unspecified atom stereocenters. The Hall–Kier alpha value is -0.0900. The zero-order valence-corrected chi connectivity index (χ0v) is 12.2. The van der Waals surface area contributed by atoms with E-state index in [2.05, 4.69) is 30.1 Å². The van der Waals surface area contributed by atoms with Crippen molar-refractivity contribution >= 4 is 22.9 Å². The smallest absolute Gasteiger partial charge is 0.0931 e. The highest BCUT2D eigenvalue weighted by atomic mass is 35.5. The summed E-state index contributed by atoms with van der Waals surface area (Å²) >= 11 is 7.70. The van der Waals surface area contributed by atoms with Crippen LogP contribution < -0.4 is 5.32 Å². The minimum Gasteiger partial charge on any atom is -0.311 e. The molecule has 0 radical (unpaired) electrons. The molecule has 2 atom stereocenters.